The molecule has 0 saturated heterocycles. The number of hydrogen-bond acceptors (Lipinski definition) is 1. The molecule has 1 atom stereocenters. The van der Waals surface area contributed by atoms with Crippen molar-refractivity contribution >= 4 is 5.97 Å². The molecule has 0 fully saturated rings. The zero-order valence-electron chi connectivity index (χ0n) is 10.4. The van der Waals surface area contributed by atoms with Crippen molar-refractivity contribution in [3.63, 3.8) is 0 Å². The summed E-state index contributed by atoms with van der Waals surface area (Å²) in [6, 6.07) is 5.39. The monoisotopic (exact) mass is 220 g/mol. The van der Waals surface area contributed by atoms with E-state index in [1.54, 1.807) is 12.1 Å². The lowest BCUT2D eigenvalue weighted by atomic mass is 9.89. The molecule has 0 radical (unpaired) electrons. The van der Waals surface area contributed by atoms with Crippen molar-refractivity contribution in [2.24, 2.45) is 11.8 Å². The summed E-state index contributed by atoms with van der Waals surface area (Å²) in [6.07, 6.45) is 1.02. The molecule has 88 valence electrons. The van der Waals surface area contributed by atoms with Crippen LogP contribution in [-0.4, -0.2) is 11.1 Å². The minimum Gasteiger partial charge on any atom is -0.478 e. The van der Waals surface area contributed by atoms with Gasteiger partial charge in [0, 0.05) is 0 Å². The quantitative estimate of drug-likeness (QED) is 0.842. The van der Waals surface area contributed by atoms with Crippen LogP contribution in [0.3, 0.4) is 0 Å². The van der Waals surface area contributed by atoms with Crippen LogP contribution in [0.25, 0.3) is 0 Å². The Morgan fingerprint density at radius 1 is 1.31 bits per heavy atom. The summed E-state index contributed by atoms with van der Waals surface area (Å²) < 4.78 is 0. The van der Waals surface area contributed by atoms with Crippen LogP contribution in [0.2, 0.25) is 0 Å². The van der Waals surface area contributed by atoms with E-state index in [0.29, 0.717) is 17.4 Å². The van der Waals surface area contributed by atoms with Gasteiger partial charge in [0.1, 0.15) is 0 Å². The lowest BCUT2D eigenvalue weighted by Gasteiger charge is -2.17. The number of hydrogen-bond donors (Lipinski definition) is 1. The fourth-order valence-corrected chi connectivity index (χ4v) is 1.64. The normalized spacial score (nSPS) is 12.8. The van der Waals surface area contributed by atoms with Crippen molar-refractivity contribution in [2.75, 3.05) is 0 Å². The van der Waals surface area contributed by atoms with Crippen molar-refractivity contribution in [1.82, 2.24) is 0 Å². The van der Waals surface area contributed by atoms with E-state index in [4.69, 9.17) is 5.11 Å². The summed E-state index contributed by atoms with van der Waals surface area (Å²) >= 11 is 0. The predicted molar refractivity (Wildman–Crippen MR) is 65.8 cm³/mol. The predicted octanol–water partition coefficient (Wildman–Crippen LogP) is 3.53. The van der Waals surface area contributed by atoms with Gasteiger partial charge in [0.05, 0.1) is 5.56 Å². The Bertz CT molecular complexity index is 380. The Balaban J connectivity index is 2.87. The third-order valence-electron chi connectivity index (χ3n) is 3.27. The molecule has 0 aliphatic rings. The number of aryl methyl sites for hydroxylation is 1. The maximum atomic E-state index is 10.8. The summed E-state index contributed by atoms with van der Waals surface area (Å²) in [5, 5.41) is 8.87. The summed E-state index contributed by atoms with van der Waals surface area (Å²) in [5.41, 5.74) is 2.71. The van der Waals surface area contributed by atoms with E-state index in [1.165, 1.54) is 5.56 Å². The van der Waals surface area contributed by atoms with E-state index >= 15 is 0 Å². The number of rotatable bonds is 4. The number of carboxylic acid groups (broad SMARTS) is 1. The molecule has 1 aromatic carbocycles. The third-order valence-corrected chi connectivity index (χ3v) is 3.27. The first-order valence-corrected chi connectivity index (χ1v) is 5.74. The van der Waals surface area contributed by atoms with E-state index in [-0.39, 0.29) is 0 Å². The summed E-state index contributed by atoms with van der Waals surface area (Å²) in [5.74, 6) is 0.416. The van der Waals surface area contributed by atoms with Gasteiger partial charge in [0.15, 0.2) is 0 Å². The first kappa shape index (κ1) is 12.8. The third kappa shape index (κ3) is 3.09. The Kier molecular flexibility index (Phi) is 4.11. The number of carbonyl (C=O) groups is 1. The second-order valence-corrected chi connectivity index (χ2v) is 4.87. The van der Waals surface area contributed by atoms with Gasteiger partial charge in [-0.2, -0.15) is 0 Å². The number of aromatic carboxylic acids is 1. The molecule has 0 saturated carbocycles. The van der Waals surface area contributed by atoms with Crippen LogP contribution in [0, 0.1) is 18.8 Å². The number of benzene rings is 1. The first-order chi connectivity index (χ1) is 7.41. The second-order valence-electron chi connectivity index (χ2n) is 4.87. The highest BCUT2D eigenvalue weighted by Gasteiger charge is 2.11. The minimum atomic E-state index is -0.855. The highest BCUT2D eigenvalue weighted by Crippen LogP contribution is 2.20. The molecular weight excluding hydrogens is 200 g/mol. The molecule has 1 rings (SSSR count). The standard InChI is InChI=1S/C14H20O2/c1-9(2)10(3)7-12-5-6-13(14(15)16)8-11(12)4/h5-6,8-10H,7H2,1-4H3,(H,15,16)/t10-/m1/s1. The second kappa shape index (κ2) is 5.15. The van der Waals surface area contributed by atoms with Gasteiger partial charge >= 0.3 is 5.97 Å². The fraction of sp³-hybridized carbons (Fsp3) is 0.500. The van der Waals surface area contributed by atoms with Gasteiger partial charge in [-0.1, -0.05) is 26.8 Å². The highest BCUT2D eigenvalue weighted by atomic mass is 16.4. The van der Waals surface area contributed by atoms with Gasteiger partial charge in [-0.3, -0.25) is 0 Å². The molecule has 0 aliphatic carbocycles. The fourth-order valence-electron chi connectivity index (χ4n) is 1.64. The molecule has 0 bridgehead atoms. The Hall–Kier alpha value is -1.31. The first-order valence-electron chi connectivity index (χ1n) is 5.74. The van der Waals surface area contributed by atoms with Crippen LogP contribution in [0.1, 0.15) is 42.3 Å². The molecule has 0 heterocycles. The SMILES string of the molecule is Cc1cc(C(=O)O)ccc1C[C@@H](C)C(C)C. The van der Waals surface area contributed by atoms with E-state index < -0.39 is 5.97 Å². The van der Waals surface area contributed by atoms with Gasteiger partial charge in [0.2, 0.25) is 0 Å². The van der Waals surface area contributed by atoms with Crippen molar-refractivity contribution in [3.05, 3.63) is 34.9 Å². The maximum absolute atomic E-state index is 10.8. The Morgan fingerprint density at radius 2 is 1.94 bits per heavy atom. The van der Waals surface area contributed by atoms with Crippen LogP contribution < -0.4 is 0 Å². The van der Waals surface area contributed by atoms with Gasteiger partial charge in [-0.05, 0) is 48.4 Å². The van der Waals surface area contributed by atoms with Gasteiger partial charge in [-0.15, -0.1) is 0 Å². The molecule has 0 aliphatic heterocycles. The zero-order valence-corrected chi connectivity index (χ0v) is 10.4. The van der Waals surface area contributed by atoms with Gasteiger partial charge in [0.25, 0.3) is 0 Å². The molecule has 0 aromatic heterocycles. The molecule has 16 heavy (non-hydrogen) atoms. The summed E-state index contributed by atoms with van der Waals surface area (Å²) in [6.45, 7) is 8.64. The van der Waals surface area contributed by atoms with Crippen LogP contribution in [0.5, 0.6) is 0 Å². The Labute approximate surface area is 97.3 Å². The lowest BCUT2D eigenvalue weighted by Crippen LogP contribution is -2.09. The van der Waals surface area contributed by atoms with Crippen molar-refractivity contribution in [1.29, 1.82) is 0 Å². The molecule has 0 spiro atoms. The lowest BCUT2D eigenvalue weighted by molar-refractivity contribution is 0.0697. The smallest absolute Gasteiger partial charge is 0.335 e. The van der Waals surface area contributed by atoms with Crippen LogP contribution in [-0.2, 0) is 6.42 Å². The van der Waals surface area contributed by atoms with Crippen LogP contribution in [0.4, 0.5) is 0 Å². The largest absolute Gasteiger partial charge is 0.478 e. The molecule has 1 aromatic rings. The summed E-state index contributed by atoms with van der Waals surface area (Å²) in [7, 11) is 0. The molecule has 0 unspecified atom stereocenters. The van der Waals surface area contributed by atoms with E-state index in [9.17, 15) is 4.79 Å². The van der Waals surface area contributed by atoms with E-state index in [1.807, 2.05) is 13.0 Å². The van der Waals surface area contributed by atoms with Crippen LogP contribution in [0.15, 0.2) is 18.2 Å². The number of carboxylic acids is 1. The van der Waals surface area contributed by atoms with Crippen molar-refractivity contribution in [3.8, 4) is 0 Å². The average molecular weight is 220 g/mol. The average Bonchev–Trinajstić information content (AvgIpc) is 2.20. The molecule has 2 nitrogen and oxygen atoms in total. The van der Waals surface area contributed by atoms with Crippen LogP contribution >= 0.6 is 0 Å². The zero-order chi connectivity index (χ0) is 12.3. The van der Waals surface area contributed by atoms with Crippen molar-refractivity contribution in [2.45, 2.75) is 34.1 Å². The molecule has 0 amide bonds. The molecule has 2 heteroatoms. The van der Waals surface area contributed by atoms with E-state index in [0.717, 1.165) is 12.0 Å². The topological polar surface area (TPSA) is 37.3 Å². The molecule has 1 N–H and O–H groups in total. The summed E-state index contributed by atoms with van der Waals surface area (Å²) in [4.78, 5) is 10.8. The van der Waals surface area contributed by atoms with Gasteiger partial charge < -0.3 is 5.11 Å². The minimum absolute atomic E-state index is 0.374. The molecular formula is C14H20O2. The van der Waals surface area contributed by atoms with Crippen molar-refractivity contribution < 1.29 is 9.90 Å². The maximum Gasteiger partial charge on any atom is 0.335 e. The van der Waals surface area contributed by atoms with E-state index in [2.05, 4.69) is 20.8 Å². The highest BCUT2D eigenvalue weighted by molar-refractivity contribution is 5.87. The van der Waals surface area contributed by atoms with Gasteiger partial charge in [-0.25, -0.2) is 4.79 Å². The Morgan fingerprint density at radius 3 is 2.38 bits per heavy atom.